The molecule has 43 heavy (non-hydrogen) atoms. The van der Waals surface area contributed by atoms with Crippen molar-refractivity contribution in [3.63, 3.8) is 0 Å². The lowest BCUT2D eigenvalue weighted by Crippen LogP contribution is -2.67. The Bertz CT molecular complexity index is 1300. The fourth-order valence-corrected chi connectivity index (χ4v) is 15.9. The molecule has 4 aromatic carbocycles. The van der Waals surface area contributed by atoms with Gasteiger partial charge in [0, 0.05) is 13.2 Å². The monoisotopic (exact) mass is 608 g/mol. The van der Waals surface area contributed by atoms with E-state index >= 15 is 0 Å². The van der Waals surface area contributed by atoms with Crippen molar-refractivity contribution >= 4 is 37.4 Å². The summed E-state index contributed by atoms with van der Waals surface area (Å²) in [5.41, 5.74) is 0. The molecule has 4 rings (SSSR count). The molecule has 2 nitrogen and oxygen atoms in total. The zero-order valence-electron chi connectivity index (χ0n) is 27.6. The molecule has 0 spiro atoms. The Labute approximate surface area is 263 Å². The fraction of sp³-hybridized carbons (Fsp3) is 0.385. The van der Waals surface area contributed by atoms with Gasteiger partial charge in [-0.25, -0.2) is 0 Å². The van der Waals surface area contributed by atoms with E-state index in [0.717, 1.165) is 19.6 Å². The van der Waals surface area contributed by atoms with E-state index in [-0.39, 0.29) is 10.1 Å². The fourth-order valence-electron chi connectivity index (χ4n) is 6.63. The van der Waals surface area contributed by atoms with Crippen LogP contribution < -0.4 is 20.7 Å². The highest BCUT2D eigenvalue weighted by Crippen LogP contribution is 2.39. The number of hydrogen-bond donors (Lipinski definition) is 0. The van der Waals surface area contributed by atoms with E-state index in [0.29, 0.717) is 11.8 Å². The van der Waals surface area contributed by atoms with E-state index < -0.39 is 16.6 Å². The summed E-state index contributed by atoms with van der Waals surface area (Å²) in [7, 11) is -5.09. The summed E-state index contributed by atoms with van der Waals surface area (Å²) in [6.45, 7) is 20.3. The van der Waals surface area contributed by atoms with Crippen LogP contribution >= 0.6 is 0 Å². The van der Waals surface area contributed by atoms with Crippen LogP contribution in [-0.2, 0) is 8.85 Å². The molecule has 0 heterocycles. The van der Waals surface area contributed by atoms with Crippen molar-refractivity contribution in [2.24, 2.45) is 11.8 Å². The van der Waals surface area contributed by atoms with E-state index in [9.17, 15) is 0 Å². The van der Waals surface area contributed by atoms with Crippen LogP contribution in [0.4, 0.5) is 0 Å². The lowest BCUT2D eigenvalue weighted by Gasteiger charge is -2.44. The van der Waals surface area contributed by atoms with E-state index in [2.05, 4.69) is 177 Å². The summed E-state index contributed by atoms with van der Waals surface area (Å²) >= 11 is 0. The molecule has 0 aliphatic carbocycles. The normalized spacial score (nSPS) is 14.3. The highest BCUT2D eigenvalue weighted by atomic mass is 28.4. The maximum atomic E-state index is 7.30. The smallest absolute Gasteiger partial charge is 0.261 e. The van der Waals surface area contributed by atoms with Gasteiger partial charge in [0.25, 0.3) is 16.6 Å². The van der Waals surface area contributed by atoms with Gasteiger partial charge in [0.05, 0.1) is 0 Å². The second-order valence-corrected chi connectivity index (χ2v) is 22.8. The van der Waals surface area contributed by atoms with E-state index in [1.807, 2.05) is 0 Å². The predicted octanol–water partition coefficient (Wildman–Crippen LogP) is 7.80. The number of hydrogen-bond acceptors (Lipinski definition) is 2. The Kier molecular flexibility index (Phi) is 10.7. The molecular formula is C39H52O2Si2. The summed E-state index contributed by atoms with van der Waals surface area (Å²) < 4.78 is 14.5. The molecular weight excluding hydrogens is 557 g/mol. The lowest BCUT2D eigenvalue weighted by atomic mass is 9.94. The second kappa shape index (κ2) is 13.9. The Morgan fingerprint density at radius 3 is 1.07 bits per heavy atom. The first kappa shape index (κ1) is 33.1. The van der Waals surface area contributed by atoms with Gasteiger partial charge in [-0.05, 0) is 49.1 Å². The van der Waals surface area contributed by atoms with Gasteiger partial charge in [-0.2, -0.15) is 0 Å². The van der Waals surface area contributed by atoms with Crippen molar-refractivity contribution < 1.29 is 8.85 Å². The van der Waals surface area contributed by atoms with Crippen molar-refractivity contribution in [2.45, 2.75) is 71.9 Å². The van der Waals surface area contributed by atoms with Crippen LogP contribution in [0.1, 0.15) is 61.8 Å². The summed E-state index contributed by atoms with van der Waals surface area (Å²) in [6, 6.07) is 43.8. The Hall–Kier alpha value is -2.77. The van der Waals surface area contributed by atoms with Crippen LogP contribution in [0, 0.1) is 11.8 Å². The minimum Gasteiger partial charge on any atom is -0.407 e. The van der Waals surface area contributed by atoms with Crippen LogP contribution in [0.5, 0.6) is 0 Å². The molecule has 4 heteroatoms. The first-order valence-corrected chi connectivity index (χ1v) is 19.7. The summed E-state index contributed by atoms with van der Waals surface area (Å²) in [6.07, 6.45) is 0.996. The van der Waals surface area contributed by atoms with Gasteiger partial charge in [-0.15, -0.1) is 0 Å². The second-order valence-electron chi connectivity index (χ2n) is 14.2. The summed E-state index contributed by atoms with van der Waals surface area (Å²) in [5.74, 6) is 0.848. The Morgan fingerprint density at radius 2 is 0.767 bits per heavy atom. The number of rotatable bonds is 12. The standard InChI is InChI=1S/C39H52O2Si2/c1-32(29-30-40-42(38(3,4)5,34-21-13-9-14-22-34)35-23-15-10-16-24-35)33(2)31-41-43(39(6,7)8,36-25-17-11-18-26-36)37-27-19-12-20-28-37/h9-28,32-33H,29-31H2,1-8H3/t32-,33+/m0/s1. The zero-order valence-corrected chi connectivity index (χ0v) is 29.6. The molecule has 0 fully saturated rings. The Morgan fingerprint density at radius 1 is 0.465 bits per heavy atom. The quantitative estimate of drug-likeness (QED) is 0.153. The third-order valence-electron chi connectivity index (χ3n) is 9.26. The topological polar surface area (TPSA) is 18.5 Å². The van der Waals surface area contributed by atoms with Gasteiger partial charge < -0.3 is 8.85 Å². The van der Waals surface area contributed by atoms with Gasteiger partial charge in [0.1, 0.15) is 0 Å². The molecule has 0 saturated carbocycles. The van der Waals surface area contributed by atoms with Crippen LogP contribution in [0.3, 0.4) is 0 Å². The largest absolute Gasteiger partial charge is 0.407 e. The third kappa shape index (κ3) is 6.99. The minimum atomic E-state index is -2.56. The highest BCUT2D eigenvalue weighted by molar-refractivity contribution is 7.00. The number of benzene rings is 4. The van der Waals surface area contributed by atoms with Gasteiger partial charge >= 0.3 is 0 Å². The van der Waals surface area contributed by atoms with E-state index in [4.69, 9.17) is 8.85 Å². The van der Waals surface area contributed by atoms with Crippen molar-refractivity contribution in [3.8, 4) is 0 Å². The first-order valence-electron chi connectivity index (χ1n) is 15.9. The molecule has 0 aliphatic heterocycles. The maximum Gasteiger partial charge on any atom is 0.261 e. The molecule has 0 radical (unpaired) electrons. The summed E-state index contributed by atoms with van der Waals surface area (Å²) in [5, 5.41) is 5.31. The van der Waals surface area contributed by atoms with Crippen molar-refractivity contribution in [2.75, 3.05) is 13.2 Å². The predicted molar refractivity (Wildman–Crippen MR) is 190 cm³/mol. The minimum absolute atomic E-state index is 0.0169. The molecule has 0 amide bonds. The van der Waals surface area contributed by atoms with Crippen molar-refractivity contribution in [3.05, 3.63) is 121 Å². The molecule has 0 bridgehead atoms. The molecule has 0 aromatic heterocycles. The molecule has 0 saturated heterocycles. The maximum absolute atomic E-state index is 7.30. The molecule has 0 aliphatic rings. The SMILES string of the molecule is C[C@H](CO[Si](c1ccccc1)(c1ccccc1)C(C)(C)C)[C@@H](C)CCO[Si](c1ccccc1)(c1ccccc1)C(C)(C)C. The van der Waals surface area contributed by atoms with Gasteiger partial charge in [0.15, 0.2) is 0 Å². The molecule has 0 N–H and O–H groups in total. The average molecular weight is 609 g/mol. The van der Waals surface area contributed by atoms with Gasteiger partial charge in [-0.3, -0.25) is 0 Å². The first-order chi connectivity index (χ1) is 20.4. The van der Waals surface area contributed by atoms with Gasteiger partial charge in [0.2, 0.25) is 0 Å². The van der Waals surface area contributed by atoms with Crippen LogP contribution in [-0.4, -0.2) is 29.8 Å². The molecule has 228 valence electrons. The highest BCUT2D eigenvalue weighted by Gasteiger charge is 2.51. The van der Waals surface area contributed by atoms with E-state index in [1.54, 1.807) is 0 Å². The Balaban J connectivity index is 1.55. The van der Waals surface area contributed by atoms with E-state index in [1.165, 1.54) is 20.7 Å². The van der Waals surface area contributed by atoms with Crippen molar-refractivity contribution in [1.29, 1.82) is 0 Å². The molecule has 0 unspecified atom stereocenters. The average Bonchev–Trinajstić information content (AvgIpc) is 3.00. The van der Waals surface area contributed by atoms with Crippen LogP contribution in [0.25, 0.3) is 0 Å². The van der Waals surface area contributed by atoms with Crippen LogP contribution in [0.15, 0.2) is 121 Å². The van der Waals surface area contributed by atoms with Gasteiger partial charge in [-0.1, -0.05) is 177 Å². The lowest BCUT2D eigenvalue weighted by molar-refractivity contribution is 0.178. The third-order valence-corrected chi connectivity index (χ3v) is 19.3. The van der Waals surface area contributed by atoms with Crippen LogP contribution in [0.2, 0.25) is 10.1 Å². The summed E-state index contributed by atoms with van der Waals surface area (Å²) in [4.78, 5) is 0. The molecule has 2 atom stereocenters. The molecule has 4 aromatic rings. The zero-order chi connectivity index (χ0) is 31.1. The van der Waals surface area contributed by atoms with Crippen molar-refractivity contribution in [1.82, 2.24) is 0 Å².